The first kappa shape index (κ1) is 21.2. The highest BCUT2D eigenvalue weighted by Gasteiger charge is 2.31. The standard InChI is InChI=1S/C18H18BrF3N4O3/c1-17(2,3)28-16(27)23-8-14-24-15(25-29-14)13-7-10-11(19)5-4-6-12(10)26(13)9-18(20,21)22/h4-7H,8-9H2,1-3H3,(H,23,27). The average Bonchev–Trinajstić information content (AvgIpc) is 3.16. The molecule has 29 heavy (non-hydrogen) atoms. The first-order valence-corrected chi connectivity index (χ1v) is 9.36. The summed E-state index contributed by atoms with van der Waals surface area (Å²) in [4.78, 5) is 15.8. The fraction of sp³-hybridized carbons (Fsp3) is 0.389. The monoisotopic (exact) mass is 474 g/mol. The molecule has 0 fully saturated rings. The summed E-state index contributed by atoms with van der Waals surface area (Å²) in [6.45, 7) is 3.83. The van der Waals surface area contributed by atoms with Crippen LogP contribution in [0.3, 0.4) is 0 Å². The maximum atomic E-state index is 13.1. The summed E-state index contributed by atoms with van der Waals surface area (Å²) in [5.41, 5.74) is -0.142. The van der Waals surface area contributed by atoms with Gasteiger partial charge in [-0.15, -0.1) is 0 Å². The van der Waals surface area contributed by atoms with Crippen LogP contribution in [0.25, 0.3) is 22.4 Å². The van der Waals surface area contributed by atoms with Crippen LogP contribution in [0.1, 0.15) is 26.7 Å². The molecule has 0 aliphatic rings. The van der Waals surface area contributed by atoms with Gasteiger partial charge in [-0.1, -0.05) is 27.2 Å². The second kappa shape index (κ2) is 7.69. The topological polar surface area (TPSA) is 82.2 Å². The lowest BCUT2D eigenvalue weighted by Crippen LogP contribution is -2.32. The van der Waals surface area contributed by atoms with E-state index in [0.717, 1.165) is 4.57 Å². The molecule has 0 aliphatic heterocycles. The van der Waals surface area contributed by atoms with E-state index in [-0.39, 0.29) is 24.0 Å². The first-order valence-electron chi connectivity index (χ1n) is 8.57. The summed E-state index contributed by atoms with van der Waals surface area (Å²) in [6.07, 6.45) is -5.11. The normalized spacial score (nSPS) is 12.4. The van der Waals surface area contributed by atoms with Crippen LogP contribution in [0, 0.1) is 0 Å². The maximum absolute atomic E-state index is 13.1. The lowest BCUT2D eigenvalue weighted by atomic mass is 10.2. The molecule has 0 bridgehead atoms. The molecular formula is C18H18BrF3N4O3. The van der Waals surface area contributed by atoms with Crippen LogP contribution < -0.4 is 5.32 Å². The second-order valence-electron chi connectivity index (χ2n) is 7.27. The summed E-state index contributed by atoms with van der Waals surface area (Å²) >= 11 is 3.35. The molecule has 2 aromatic heterocycles. The van der Waals surface area contributed by atoms with Crippen molar-refractivity contribution in [2.75, 3.05) is 0 Å². The molecule has 0 radical (unpaired) electrons. The van der Waals surface area contributed by atoms with Crippen molar-refractivity contribution in [1.29, 1.82) is 0 Å². The number of halogens is 4. The van der Waals surface area contributed by atoms with Crippen LogP contribution >= 0.6 is 15.9 Å². The molecule has 0 unspecified atom stereocenters. The third-order valence-corrected chi connectivity index (χ3v) is 4.40. The molecule has 0 aliphatic carbocycles. The van der Waals surface area contributed by atoms with E-state index in [9.17, 15) is 18.0 Å². The van der Waals surface area contributed by atoms with Crippen molar-refractivity contribution >= 4 is 32.9 Å². The highest BCUT2D eigenvalue weighted by atomic mass is 79.9. The van der Waals surface area contributed by atoms with Crippen molar-refractivity contribution in [3.05, 3.63) is 34.6 Å². The van der Waals surface area contributed by atoms with Gasteiger partial charge >= 0.3 is 12.3 Å². The number of alkyl halides is 3. The summed E-state index contributed by atoms with van der Waals surface area (Å²) < 4.78 is 51.3. The van der Waals surface area contributed by atoms with E-state index < -0.39 is 24.4 Å². The number of nitrogens with one attached hydrogen (secondary N) is 1. The first-order chi connectivity index (χ1) is 13.4. The molecule has 11 heteroatoms. The van der Waals surface area contributed by atoms with Gasteiger partial charge in [0.2, 0.25) is 11.7 Å². The second-order valence-corrected chi connectivity index (χ2v) is 8.13. The van der Waals surface area contributed by atoms with Gasteiger partial charge in [0.15, 0.2) is 0 Å². The number of hydrogen-bond acceptors (Lipinski definition) is 5. The Balaban J connectivity index is 1.88. The number of hydrogen-bond donors (Lipinski definition) is 1. The van der Waals surface area contributed by atoms with E-state index in [2.05, 4.69) is 31.4 Å². The van der Waals surface area contributed by atoms with Gasteiger partial charge in [0.05, 0.1) is 11.2 Å². The zero-order valence-corrected chi connectivity index (χ0v) is 17.4. The molecule has 1 N–H and O–H groups in total. The smallest absolute Gasteiger partial charge is 0.408 e. The van der Waals surface area contributed by atoms with Gasteiger partial charge in [0, 0.05) is 9.86 Å². The van der Waals surface area contributed by atoms with Crippen LogP contribution in [-0.2, 0) is 17.8 Å². The molecule has 1 aromatic carbocycles. The zero-order valence-electron chi connectivity index (χ0n) is 15.8. The fourth-order valence-electron chi connectivity index (χ4n) is 2.68. The highest BCUT2D eigenvalue weighted by Crippen LogP contribution is 2.33. The summed E-state index contributed by atoms with van der Waals surface area (Å²) in [5, 5.41) is 6.82. The van der Waals surface area contributed by atoms with Gasteiger partial charge in [-0.3, -0.25) is 0 Å². The number of nitrogens with zero attached hydrogens (tertiary/aromatic N) is 3. The Morgan fingerprint density at radius 3 is 2.69 bits per heavy atom. The minimum Gasteiger partial charge on any atom is -0.444 e. The molecule has 2 heterocycles. The van der Waals surface area contributed by atoms with E-state index in [1.165, 1.54) is 0 Å². The van der Waals surface area contributed by atoms with Crippen molar-refractivity contribution in [2.24, 2.45) is 0 Å². The number of amides is 1. The number of fused-ring (bicyclic) bond motifs is 1. The van der Waals surface area contributed by atoms with E-state index in [4.69, 9.17) is 9.26 Å². The summed E-state index contributed by atoms with van der Waals surface area (Å²) in [7, 11) is 0. The van der Waals surface area contributed by atoms with E-state index in [1.54, 1.807) is 45.0 Å². The summed E-state index contributed by atoms with van der Waals surface area (Å²) in [6, 6.07) is 6.52. The van der Waals surface area contributed by atoms with Crippen molar-refractivity contribution in [3.63, 3.8) is 0 Å². The number of carbonyl (C=O) groups is 1. The molecule has 3 rings (SSSR count). The molecular weight excluding hydrogens is 457 g/mol. The summed E-state index contributed by atoms with van der Waals surface area (Å²) in [5.74, 6) is 0.0204. The third-order valence-electron chi connectivity index (χ3n) is 3.71. The van der Waals surface area contributed by atoms with Crippen LogP contribution in [0.15, 0.2) is 33.3 Å². The van der Waals surface area contributed by atoms with Gasteiger partial charge in [-0.25, -0.2) is 4.79 Å². The third kappa shape index (κ3) is 5.28. The Bertz CT molecular complexity index is 1040. The predicted octanol–water partition coefficient (Wildman–Crippen LogP) is 5.04. The van der Waals surface area contributed by atoms with E-state index >= 15 is 0 Å². The molecule has 0 saturated heterocycles. The van der Waals surface area contributed by atoms with Crippen LogP contribution in [0.4, 0.5) is 18.0 Å². The van der Waals surface area contributed by atoms with Crippen molar-refractivity contribution in [2.45, 2.75) is 45.6 Å². The van der Waals surface area contributed by atoms with Crippen LogP contribution in [0.5, 0.6) is 0 Å². The van der Waals surface area contributed by atoms with E-state index in [1.807, 2.05) is 0 Å². The highest BCUT2D eigenvalue weighted by molar-refractivity contribution is 9.10. The number of alkyl carbamates (subject to hydrolysis) is 1. The molecule has 0 saturated carbocycles. The lowest BCUT2D eigenvalue weighted by Gasteiger charge is -2.19. The molecule has 3 aromatic rings. The fourth-order valence-corrected chi connectivity index (χ4v) is 3.15. The molecule has 7 nitrogen and oxygen atoms in total. The number of ether oxygens (including phenoxy) is 1. The number of carbonyl (C=O) groups excluding carboxylic acids is 1. The van der Waals surface area contributed by atoms with Gasteiger partial charge in [0.25, 0.3) is 0 Å². The lowest BCUT2D eigenvalue weighted by molar-refractivity contribution is -0.139. The van der Waals surface area contributed by atoms with Gasteiger partial charge in [0.1, 0.15) is 18.7 Å². The maximum Gasteiger partial charge on any atom is 0.408 e. The average molecular weight is 475 g/mol. The van der Waals surface area contributed by atoms with Crippen molar-refractivity contribution in [1.82, 2.24) is 20.0 Å². The number of aromatic nitrogens is 3. The van der Waals surface area contributed by atoms with Gasteiger partial charge in [-0.2, -0.15) is 18.2 Å². The predicted molar refractivity (Wildman–Crippen MR) is 102 cm³/mol. The van der Waals surface area contributed by atoms with Crippen LogP contribution in [0.2, 0.25) is 0 Å². The Morgan fingerprint density at radius 2 is 2.03 bits per heavy atom. The van der Waals surface area contributed by atoms with Crippen molar-refractivity contribution < 1.29 is 27.2 Å². The quantitative estimate of drug-likeness (QED) is 0.572. The Kier molecular flexibility index (Phi) is 5.61. The molecule has 1 amide bonds. The zero-order chi connectivity index (χ0) is 21.4. The Morgan fingerprint density at radius 1 is 1.31 bits per heavy atom. The number of benzene rings is 1. The Hall–Kier alpha value is -2.56. The Labute approximate surface area is 172 Å². The molecule has 0 atom stereocenters. The molecule has 0 spiro atoms. The minimum absolute atomic E-state index is 0.0154. The van der Waals surface area contributed by atoms with E-state index in [0.29, 0.717) is 15.4 Å². The molecule has 156 valence electrons. The minimum atomic E-state index is -4.44. The van der Waals surface area contributed by atoms with Gasteiger partial charge < -0.3 is 19.1 Å². The van der Waals surface area contributed by atoms with Crippen molar-refractivity contribution in [3.8, 4) is 11.5 Å². The van der Waals surface area contributed by atoms with Gasteiger partial charge in [-0.05, 0) is 39.0 Å². The van der Waals surface area contributed by atoms with Crippen LogP contribution in [-0.4, -0.2) is 32.6 Å². The SMILES string of the molecule is CC(C)(C)OC(=O)NCc1nc(-c2cc3c(Br)cccc3n2CC(F)(F)F)no1. The number of rotatable bonds is 4. The largest absolute Gasteiger partial charge is 0.444 e.